The molecule has 1 fully saturated rings. The molecular weight excluding hydrogens is 264 g/mol. The van der Waals surface area contributed by atoms with Crippen molar-refractivity contribution in [2.75, 3.05) is 53.1 Å². The van der Waals surface area contributed by atoms with Gasteiger partial charge in [-0.05, 0) is 39.2 Å². The molecule has 0 amide bonds. The van der Waals surface area contributed by atoms with Crippen molar-refractivity contribution in [1.29, 1.82) is 0 Å². The van der Waals surface area contributed by atoms with Crippen LogP contribution in [0.3, 0.4) is 0 Å². The van der Waals surface area contributed by atoms with Crippen LogP contribution in [0.4, 0.5) is 0 Å². The summed E-state index contributed by atoms with van der Waals surface area (Å²) < 4.78 is 11.1. The Balaban J connectivity index is 2.65. The first kappa shape index (κ1) is 18.9. The molecular formula is C17H36N2O2. The quantitative estimate of drug-likeness (QED) is 0.595. The van der Waals surface area contributed by atoms with Gasteiger partial charge in [-0.3, -0.25) is 4.90 Å². The highest BCUT2D eigenvalue weighted by Gasteiger charge is 2.35. The second-order valence-corrected chi connectivity index (χ2v) is 6.55. The fraction of sp³-hybridized carbons (Fsp3) is 1.00. The van der Waals surface area contributed by atoms with Crippen LogP contribution >= 0.6 is 0 Å². The molecule has 1 heterocycles. The molecule has 4 heteroatoms. The van der Waals surface area contributed by atoms with Crippen molar-refractivity contribution in [2.45, 2.75) is 52.5 Å². The third kappa shape index (κ3) is 6.64. The fourth-order valence-corrected chi connectivity index (χ4v) is 3.11. The van der Waals surface area contributed by atoms with Crippen LogP contribution in [0.5, 0.6) is 0 Å². The third-order valence-electron chi connectivity index (χ3n) is 4.67. The zero-order valence-corrected chi connectivity index (χ0v) is 14.6. The predicted molar refractivity (Wildman–Crippen MR) is 88.8 cm³/mol. The number of nitrogens with one attached hydrogen (secondary N) is 1. The van der Waals surface area contributed by atoms with Gasteiger partial charge in [-0.1, -0.05) is 13.8 Å². The van der Waals surface area contributed by atoms with Crippen molar-refractivity contribution in [3.63, 3.8) is 0 Å². The summed E-state index contributed by atoms with van der Waals surface area (Å²) in [4.78, 5) is 2.59. The Hall–Kier alpha value is -0.160. The van der Waals surface area contributed by atoms with Crippen molar-refractivity contribution in [1.82, 2.24) is 10.2 Å². The fourth-order valence-electron chi connectivity index (χ4n) is 3.11. The standard InChI is InChI=1S/C17H36N2O2/c1-5-9-18-13-17(8-7-11-21-15-17)14-19(10-12-20-4)16(3)6-2/h16,18H,5-15H2,1-4H3. The van der Waals surface area contributed by atoms with Crippen LogP contribution in [0, 0.1) is 5.41 Å². The van der Waals surface area contributed by atoms with Crippen molar-refractivity contribution in [3.8, 4) is 0 Å². The molecule has 21 heavy (non-hydrogen) atoms. The molecule has 0 aromatic rings. The van der Waals surface area contributed by atoms with Gasteiger partial charge in [-0.15, -0.1) is 0 Å². The Labute approximate surface area is 131 Å². The summed E-state index contributed by atoms with van der Waals surface area (Å²) >= 11 is 0. The highest BCUT2D eigenvalue weighted by atomic mass is 16.5. The van der Waals surface area contributed by atoms with Gasteiger partial charge in [0.25, 0.3) is 0 Å². The van der Waals surface area contributed by atoms with E-state index in [0.717, 1.165) is 46.0 Å². The zero-order chi connectivity index (χ0) is 15.6. The van der Waals surface area contributed by atoms with Crippen LogP contribution < -0.4 is 5.32 Å². The summed E-state index contributed by atoms with van der Waals surface area (Å²) in [5.41, 5.74) is 0.268. The number of hydrogen-bond acceptors (Lipinski definition) is 4. The van der Waals surface area contributed by atoms with Gasteiger partial charge in [0.2, 0.25) is 0 Å². The maximum Gasteiger partial charge on any atom is 0.0589 e. The van der Waals surface area contributed by atoms with Crippen LogP contribution in [0.25, 0.3) is 0 Å². The van der Waals surface area contributed by atoms with Crippen LogP contribution in [0.2, 0.25) is 0 Å². The Morgan fingerprint density at radius 2 is 2.19 bits per heavy atom. The minimum Gasteiger partial charge on any atom is -0.383 e. The molecule has 0 aromatic carbocycles. The second-order valence-electron chi connectivity index (χ2n) is 6.55. The molecule has 1 saturated heterocycles. The van der Waals surface area contributed by atoms with E-state index in [2.05, 4.69) is 31.0 Å². The number of ether oxygens (including phenoxy) is 2. The molecule has 0 radical (unpaired) electrons. The Bertz CT molecular complexity index is 255. The molecule has 0 spiro atoms. The average molecular weight is 300 g/mol. The predicted octanol–water partition coefficient (Wildman–Crippen LogP) is 2.53. The van der Waals surface area contributed by atoms with Crippen LogP contribution in [0.1, 0.15) is 46.5 Å². The minimum absolute atomic E-state index is 0.268. The van der Waals surface area contributed by atoms with Gasteiger partial charge in [0.05, 0.1) is 13.2 Å². The topological polar surface area (TPSA) is 33.7 Å². The molecule has 1 N–H and O–H groups in total. The van der Waals surface area contributed by atoms with E-state index >= 15 is 0 Å². The lowest BCUT2D eigenvalue weighted by atomic mass is 9.81. The molecule has 2 atom stereocenters. The van der Waals surface area contributed by atoms with Gasteiger partial charge in [-0.25, -0.2) is 0 Å². The maximum absolute atomic E-state index is 5.84. The Morgan fingerprint density at radius 3 is 2.76 bits per heavy atom. The van der Waals surface area contributed by atoms with Crippen LogP contribution in [-0.2, 0) is 9.47 Å². The molecule has 0 aromatic heterocycles. The van der Waals surface area contributed by atoms with Crippen molar-refractivity contribution in [3.05, 3.63) is 0 Å². The lowest BCUT2D eigenvalue weighted by Crippen LogP contribution is -2.51. The smallest absolute Gasteiger partial charge is 0.0589 e. The highest BCUT2D eigenvalue weighted by molar-refractivity contribution is 4.88. The number of hydrogen-bond donors (Lipinski definition) is 1. The first-order valence-electron chi connectivity index (χ1n) is 8.69. The molecule has 0 aliphatic carbocycles. The highest BCUT2D eigenvalue weighted by Crippen LogP contribution is 2.30. The van der Waals surface area contributed by atoms with E-state index in [0.29, 0.717) is 6.04 Å². The zero-order valence-electron chi connectivity index (χ0n) is 14.6. The molecule has 4 nitrogen and oxygen atoms in total. The average Bonchev–Trinajstić information content (AvgIpc) is 2.52. The lowest BCUT2D eigenvalue weighted by Gasteiger charge is -2.43. The second kappa shape index (κ2) is 10.5. The van der Waals surface area contributed by atoms with E-state index in [1.54, 1.807) is 7.11 Å². The molecule has 1 aliphatic rings. The maximum atomic E-state index is 5.84. The summed E-state index contributed by atoms with van der Waals surface area (Å²) in [7, 11) is 1.79. The van der Waals surface area contributed by atoms with E-state index in [-0.39, 0.29) is 5.41 Å². The van der Waals surface area contributed by atoms with Gasteiger partial charge < -0.3 is 14.8 Å². The summed E-state index contributed by atoms with van der Waals surface area (Å²) in [6.07, 6.45) is 4.83. The molecule has 1 rings (SSSR count). The molecule has 126 valence electrons. The lowest BCUT2D eigenvalue weighted by molar-refractivity contribution is -0.0353. The van der Waals surface area contributed by atoms with Crippen LogP contribution in [-0.4, -0.2) is 64.1 Å². The van der Waals surface area contributed by atoms with Gasteiger partial charge in [0, 0.05) is 44.8 Å². The number of nitrogens with zero attached hydrogens (tertiary/aromatic N) is 1. The van der Waals surface area contributed by atoms with Crippen molar-refractivity contribution in [2.24, 2.45) is 5.41 Å². The van der Waals surface area contributed by atoms with Gasteiger partial charge in [0.1, 0.15) is 0 Å². The van der Waals surface area contributed by atoms with Crippen LogP contribution in [0.15, 0.2) is 0 Å². The number of rotatable bonds is 11. The Morgan fingerprint density at radius 1 is 1.38 bits per heavy atom. The summed E-state index contributed by atoms with van der Waals surface area (Å²) in [5, 5.41) is 3.63. The van der Waals surface area contributed by atoms with Gasteiger partial charge >= 0.3 is 0 Å². The normalized spacial score (nSPS) is 24.4. The van der Waals surface area contributed by atoms with E-state index < -0.39 is 0 Å². The van der Waals surface area contributed by atoms with E-state index in [9.17, 15) is 0 Å². The SMILES string of the molecule is CCCNCC1(CN(CCOC)C(C)CC)CCCOC1. The van der Waals surface area contributed by atoms with Crippen molar-refractivity contribution >= 4 is 0 Å². The summed E-state index contributed by atoms with van der Waals surface area (Å²) in [6, 6.07) is 0.602. The largest absolute Gasteiger partial charge is 0.383 e. The van der Waals surface area contributed by atoms with E-state index in [4.69, 9.17) is 9.47 Å². The van der Waals surface area contributed by atoms with E-state index in [1.807, 2.05) is 0 Å². The van der Waals surface area contributed by atoms with Gasteiger partial charge in [0.15, 0.2) is 0 Å². The van der Waals surface area contributed by atoms with Crippen molar-refractivity contribution < 1.29 is 9.47 Å². The van der Waals surface area contributed by atoms with E-state index in [1.165, 1.54) is 25.7 Å². The first-order chi connectivity index (χ1) is 10.2. The minimum atomic E-state index is 0.268. The molecule has 1 aliphatic heterocycles. The summed E-state index contributed by atoms with van der Waals surface area (Å²) in [6.45, 7) is 13.7. The molecule has 0 saturated carbocycles. The molecule has 0 bridgehead atoms. The molecule has 2 unspecified atom stereocenters. The Kier molecular flexibility index (Phi) is 9.49. The summed E-state index contributed by atoms with van der Waals surface area (Å²) in [5.74, 6) is 0. The monoisotopic (exact) mass is 300 g/mol. The van der Waals surface area contributed by atoms with Gasteiger partial charge in [-0.2, -0.15) is 0 Å². The first-order valence-corrected chi connectivity index (χ1v) is 8.69. The third-order valence-corrected chi connectivity index (χ3v) is 4.67. The number of methoxy groups -OCH3 is 1.